The summed E-state index contributed by atoms with van der Waals surface area (Å²) in [7, 11) is 0. The molecule has 2 rings (SSSR count). The van der Waals surface area contributed by atoms with Gasteiger partial charge in [-0.1, -0.05) is 35.9 Å². The van der Waals surface area contributed by atoms with Crippen LogP contribution < -0.4 is 5.32 Å². The average Bonchev–Trinajstić information content (AvgIpc) is 2.41. The molecule has 0 saturated heterocycles. The Kier molecular flexibility index (Phi) is 4.71. The largest absolute Gasteiger partial charge is 0.309 e. The van der Waals surface area contributed by atoms with Crippen LogP contribution >= 0.6 is 11.6 Å². The third-order valence-electron chi connectivity index (χ3n) is 2.97. The molecule has 0 aliphatic heterocycles. The number of non-ortho nitro benzene ring substituents is 1. The first-order valence-electron chi connectivity index (χ1n) is 6.25. The monoisotopic (exact) mass is 290 g/mol. The number of hydrogen-bond acceptors (Lipinski definition) is 3. The standard InChI is InChI=1S/C15H15ClN2O2/c1-11-5-6-13(15(16)7-11)10-17-9-12-3-2-4-14(8-12)18(19)20/h2-8,17H,9-10H2,1H3. The summed E-state index contributed by atoms with van der Waals surface area (Å²) in [6.07, 6.45) is 0. The molecule has 0 heterocycles. The molecule has 20 heavy (non-hydrogen) atoms. The van der Waals surface area contributed by atoms with Crippen LogP contribution in [0.2, 0.25) is 5.02 Å². The Labute approximate surface area is 122 Å². The van der Waals surface area contributed by atoms with Gasteiger partial charge in [0, 0.05) is 30.2 Å². The van der Waals surface area contributed by atoms with E-state index in [1.807, 2.05) is 31.2 Å². The average molecular weight is 291 g/mol. The highest BCUT2D eigenvalue weighted by Crippen LogP contribution is 2.18. The molecular formula is C15H15ClN2O2. The van der Waals surface area contributed by atoms with Gasteiger partial charge in [0.1, 0.15) is 0 Å². The van der Waals surface area contributed by atoms with Gasteiger partial charge in [0.05, 0.1) is 4.92 Å². The van der Waals surface area contributed by atoms with Gasteiger partial charge in [0.2, 0.25) is 0 Å². The summed E-state index contributed by atoms with van der Waals surface area (Å²) in [5.41, 5.74) is 3.13. The molecule has 0 aliphatic carbocycles. The van der Waals surface area contributed by atoms with Crippen LogP contribution in [0.15, 0.2) is 42.5 Å². The predicted molar refractivity (Wildman–Crippen MR) is 79.8 cm³/mol. The van der Waals surface area contributed by atoms with Crippen LogP contribution in [0.4, 0.5) is 5.69 Å². The van der Waals surface area contributed by atoms with E-state index in [1.165, 1.54) is 6.07 Å². The van der Waals surface area contributed by atoms with Gasteiger partial charge in [-0.25, -0.2) is 0 Å². The van der Waals surface area contributed by atoms with Crippen LogP contribution in [0.1, 0.15) is 16.7 Å². The van der Waals surface area contributed by atoms with E-state index in [2.05, 4.69) is 5.32 Å². The van der Waals surface area contributed by atoms with Gasteiger partial charge in [-0.05, 0) is 29.7 Å². The normalized spacial score (nSPS) is 10.5. The number of nitrogens with one attached hydrogen (secondary N) is 1. The maximum Gasteiger partial charge on any atom is 0.269 e. The van der Waals surface area contributed by atoms with E-state index in [0.717, 1.165) is 21.7 Å². The zero-order valence-corrected chi connectivity index (χ0v) is 11.9. The van der Waals surface area contributed by atoms with Gasteiger partial charge in [-0.15, -0.1) is 0 Å². The van der Waals surface area contributed by atoms with Crippen LogP contribution in [-0.2, 0) is 13.1 Å². The van der Waals surface area contributed by atoms with E-state index in [-0.39, 0.29) is 10.6 Å². The first kappa shape index (κ1) is 14.5. The Morgan fingerprint density at radius 3 is 2.70 bits per heavy atom. The third kappa shape index (κ3) is 3.79. The third-order valence-corrected chi connectivity index (χ3v) is 3.33. The zero-order valence-electron chi connectivity index (χ0n) is 11.1. The summed E-state index contributed by atoms with van der Waals surface area (Å²) in [6, 6.07) is 12.5. The lowest BCUT2D eigenvalue weighted by Crippen LogP contribution is -2.13. The first-order valence-corrected chi connectivity index (χ1v) is 6.63. The summed E-state index contributed by atoms with van der Waals surface area (Å²) < 4.78 is 0. The van der Waals surface area contributed by atoms with Gasteiger partial charge in [0.15, 0.2) is 0 Å². The van der Waals surface area contributed by atoms with E-state index >= 15 is 0 Å². The minimum atomic E-state index is -0.389. The molecule has 104 valence electrons. The molecule has 0 saturated carbocycles. The van der Waals surface area contributed by atoms with E-state index in [0.29, 0.717) is 13.1 Å². The van der Waals surface area contributed by atoms with Crippen molar-refractivity contribution < 1.29 is 4.92 Å². The van der Waals surface area contributed by atoms with Gasteiger partial charge in [-0.3, -0.25) is 10.1 Å². The zero-order chi connectivity index (χ0) is 14.5. The van der Waals surface area contributed by atoms with Crippen LogP contribution in [0.5, 0.6) is 0 Å². The number of aryl methyl sites for hydroxylation is 1. The van der Waals surface area contributed by atoms with Crippen LogP contribution in [-0.4, -0.2) is 4.92 Å². The summed E-state index contributed by atoms with van der Waals surface area (Å²) >= 11 is 6.15. The number of rotatable bonds is 5. The quantitative estimate of drug-likeness (QED) is 0.672. The smallest absolute Gasteiger partial charge is 0.269 e. The fraction of sp³-hybridized carbons (Fsp3) is 0.200. The van der Waals surface area contributed by atoms with Gasteiger partial charge in [-0.2, -0.15) is 0 Å². The molecule has 0 radical (unpaired) electrons. The molecule has 0 aliphatic rings. The predicted octanol–water partition coefficient (Wildman–Crippen LogP) is 3.85. The van der Waals surface area contributed by atoms with E-state index in [4.69, 9.17) is 11.6 Å². The number of nitro benzene ring substituents is 1. The lowest BCUT2D eigenvalue weighted by atomic mass is 10.1. The van der Waals surface area contributed by atoms with Gasteiger partial charge >= 0.3 is 0 Å². The minimum absolute atomic E-state index is 0.109. The van der Waals surface area contributed by atoms with Crippen molar-refractivity contribution in [3.05, 3.63) is 74.3 Å². The van der Waals surface area contributed by atoms with Crippen molar-refractivity contribution in [1.82, 2.24) is 5.32 Å². The molecule has 2 aromatic carbocycles. The van der Waals surface area contributed by atoms with Crippen molar-refractivity contribution in [3.63, 3.8) is 0 Å². The summed E-state index contributed by atoms with van der Waals surface area (Å²) in [6.45, 7) is 3.18. The second-order valence-corrected chi connectivity index (χ2v) is 5.03. The summed E-state index contributed by atoms with van der Waals surface area (Å²) in [5.74, 6) is 0. The van der Waals surface area contributed by atoms with Crippen molar-refractivity contribution in [1.29, 1.82) is 0 Å². The van der Waals surface area contributed by atoms with Crippen LogP contribution in [0.25, 0.3) is 0 Å². The molecular weight excluding hydrogens is 276 g/mol. The maximum absolute atomic E-state index is 10.7. The van der Waals surface area contributed by atoms with Gasteiger partial charge in [0.25, 0.3) is 5.69 Å². The second-order valence-electron chi connectivity index (χ2n) is 4.63. The summed E-state index contributed by atoms with van der Waals surface area (Å²) in [5, 5.41) is 14.7. The van der Waals surface area contributed by atoms with Crippen molar-refractivity contribution >= 4 is 17.3 Å². The van der Waals surface area contributed by atoms with Crippen LogP contribution in [0.3, 0.4) is 0 Å². The van der Waals surface area contributed by atoms with Crippen LogP contribution in [0, 0.1) is 17.0 Å². The SMILES string of the molecule is Cc1ccc(CNCc2cccc([N+](=O)[O-])c2)c(Cl)c1. The lowest BCUT2D eigenvalue weighted by Gasteiger charge is -2.07. The van der Waals surface area contributed by atoms with Crippen molar-refractivity contribution in [2.24, 2.45) is 0 Å². The molecule has 0 bridgehead atoms. The Morgan fingerprint density at radius 1 is 1.20 bits per heavy atom. The molecule has 0 amide bonds. The highest BCUT2D eigenvalue weighted by Gasteiger charge is 2.05. The number of hydrogen-bond donors (Lipinski definition) is 1. The topological polar surface area (TPSA) is 55.2 Å². The Morgan fingerprint density at radius 2 is 2.00 bits per heavy atom. The molecule has 4 nitrogen and oxygen atoms in total. The van der Waals surface area contributed by atoms with Crippen molar-refractivity contribution in [3.8, 4) is 0 Å². The van der Waals surface area contributed by atoms with E-state index < -0.39 is 0 Å². The Bertz CT molecular complexity index is 629. The number of benzene rings is 2. The molecule has 0 spiro atoms. The van der Waals surface area contributed by atoms with Crippen molar-refractivity contribution in [2.45, 2.75) is 20.0 Å². The lowest BCUT2D eigenvalue weighted by molar-refractivity contribution is -0.384. The Hall–Kier alpha value is -1.91. The van der Waals surface area contributed by atoms with Gasteiger partial charge < -0.3 is 5.32 Å². The molecule has 0 atom stereocenters. The fourth-order valence-electron chi connectivity index (χ4n) is 1.92. The second kappa shape index (κ2) is 6.50. The molecule has 0 unspecified atom stereocenters. The maximum atomic E-state index is 10.7. The minimum Gasteiger partial charge on any atom is -0.309 e. The van der Waals surface area contributed by atoms with E-state index in [9.17, 15) is 10.1 Å². The fourth-order valence-corrected chi connectivity index (χ4v) is 2.22. The number of nitro groups is 1. The molecule has 0 aromatic heterocycles. The number of nitrogens with zero attached hydrogens (tertiary/aromatic N) is 1. The van der Waals surface area contributed by atoms with Crippen molar-refractivity contribution in [2.75, 3.05) is 0 Å². The highest BCUT2D eigenvalue weighted by atomic mass is 35.5. The molecule has 1 N–H and O–H groups in total. The highest BCUT2D eigenvalue weighted by molar-refractivity contribution is 6.31. The molecule has 0 fully saturated rings. The summed E-state index contributed by atoms with van der Waals surface area (Å²) in [4.78, 5) is 10.3. The first-order chi connectivity index (χ1) is 9.56. The van der Waals surface area contributed by atoms with E-state index in [1.54, 1.807) is 12.1 Å². The number of halogens is 1. The Balaban J connectivity index is 1.96. The molecule has 5 heteroatoms. The molecule has 2 aromatic rings.